The van der Waals surface area contributed by atoms with Crippen LogP contribution in [0.3, 0.4) is 0 Å². The van der Waals surface area contributed by atoms with Crippen molar-refractivity contribution < 1.29 is 24.2 Å². The zero-order valence-corrected chi connectivity index (χ0v) is 17.6. The van der Waals surface area contributed by atoms with Crippen LogP contribution in [-0.2, 0) is 14.0 Å². The molecule has 2 aromatic rings. The Morgan fingerprint density at radius 2 is 1.39 bits per heavy atom. The molecule has 0 aromatic heterocycles. The normalized spacial score (nSPS) is 13.1. The second-order valence-corrected chi connectivity index (χ2v) is 12.2. The molecule has 2 aromatic carbocycles. The van der Waals surface area contributed by atoms with Crippen LogP contribution in [0.1, 0.15) is 33.6 Å². The van der Waals surface area contributed by atoms with Crippen LogP contribution >= 0.6 is 0 Å². The fourth-order valence-corrected chi connectivity index (χ4v) is 8.22. The first-order valence-electron chi connectivity index (χ1n) is 9.38. The van der Waals surface area contributed by atoms with E-state index >= 15 is 0 Å². The summed E-state index contributed by atoms with van der Waals surface area (Å²) >= 11 is 0. The largest absolute Gasteiger partial charge is 0.481 e. The molecular formula is C22H28O5Si. The topological polar surface area (TPSA) is 83.8 Å². The molecule has 2 N–H and O–H groups in total. The minimum atomic E-state index is -2.73. The van der Waals surface area contributed by atoms with Gasteiger partial charge in [0.25, 0.3) is 8.32 Å². The fourth-order valence-electron chi connectivity index (χ4n) is 3.64. The molecule has 0 aliphatic carbocycles. The van der Waals surface area contributed by atoms with Gasteiger partial charge in [0.05, 0.1) is 12.3 Å². The maximum Gasteiger partial charge on any atom is 0.307 e. The Bertz CT molecular complexity index is 744. The Kier molecular flexibility index (Phi) is 7.15. The van der Waals surface area contributed by atoms with Crippen LogP contribution in [0.4, 0.5) is 0 Å². The van der Waals surface area contributed by atoms with Crippen LogP contribution in [0.2, 0.25) is 5.04 Å². The predicted molar refractivity (Wildman–Crippen MR) is 112 cm³/mol. The smallest absolute Gasteiger partial charge is 0.307 e. The Morgan fingerprint density at radius 3 is 1.75 bits per heavy atom. The van der Waals surface area contributed by atoms with Crippen LogP contribution < -0.4 is 10.4 Å². The van der Waals surface area contributed by atoms with Gasteiger partial charge in [-0.05, 0) is 21.8 Å². The number of rotatable bonds is 9. The lowest BCUT2D eigenvalue weighted by Crippen LogP contribution is -2.66. The SMILES string of the molecule is CC(C)(C)[Si](OCC[C@H](CC(=O)O)C(=O)O)(c1ccccc1)c1ccccc1. The number of carbonyl (C=O) groups is 2. The van der Waals surface area contributed by atoms with Gasteiger partial charge in [-0.1, -0.05) is 81.4 Å². The van der Waals surface area contributed by atoms with Crippen LogP contribution in [0.5, 0.6) is 0 Å². The van der Waals surface area contributed by atoms with Gasteiger partial charge in [0, 0.05) is 6.61 Å². The van der Waals surface area contributed by atoms with Crippen molar-refractivity contribution in [3.8, 4) is 0 Å². The number of hydrogen-bond acceptors (Lipinski definition) is 3. The van der Waals surface area contributed by atoms with E-state index in [1.807, 2.05) is 36.4 Å². The van der Waals surface area contributed by atoms with Gasteiger partial charge in [0.2, 0.25) is 0 Å². The summed E-state index contributed by atoms with van der Waals surface area (Å²) in [4.78, 5) is 22.4. The van der Waals surface area contributed by atoms with Gasteiger partial charge in [-0.3, -0.25) is 9.59 Å². The van der Waals surface area contributed by atoms with E-state index in [1.54, 1.807) is 0 Å². The zero-order valence-electron chi connectivity index (χ0n) is 16.6. The minimum absolute atomic E-state index is 0.159. The highest BCUT2D eigenvalue weighted by Crippen LogP contribution is 2.37. The summed E-state index contributed by atoms with van der Waals surface area (Å²) in [6, 6.07) is 20.1. The van der Waals surface area contributed by atoms with E-state index in [4.69, 9.17) is 9.53 Å². The van der Waals surface area contributed by atoms with Crippen molar-refractivity contribution in [2.45, 2.75) is 38.7 Å². The molecule has 6 heteroatoms. The molecule has 0 spiro atoms. The first kappa shape index (κ1) is 21.9. The van der Waals surface area contributed by atoms with Crippen LogP contribution in [0.25, 0.3) is 0 Å². The van der Waals surface area contributed by atoms with Crippen LogP contribution in [0.15, 0.2) is 60.7 Å². The summed E-state index contributed by atoms with van der Waals surface area (Å²) in [6.45, 7) is 6.62. The maximum atomic E-state index is 11.4. The second kappa shape index (κ2) is 9.17. The molecule has 0 saturated heterocycles. The van der Waals surface area contributed by atoms with Crippen molar-refractivity contribution in [2.24, 2.45) is 5.92 Å². The molecule has 0 aliphatic heterocycles. The number of carboxylic acids is 2. The average Bonchev–Trinajstić information content (AvgIpc) is 2.64. The lowest BCUT2D eigenvalue weighted by Gasteiger charge is -2.43. The lowest BCUT2D eigenvalue weighted by atomic mass is 10.0. The Hall–Kier alpha value is -2.44. The molecule has 0 aliphatic rings. The molecule has 0 radical (unpaired) electrons. The maximum absolute atomic E-state index is 11.4. The zero-order chi connectivity index (χ0) is 20.8. The summed E-state index contributed by atoms with van der Waals surface area (Å²) < 4.78 is 6.61. The highest BCUT2D eigenvalue weighted by Gasteiger charge is 2.50. The standard InChI is InChI=1S/C22H28O5Si/c1-22(2,3)28(18-10-6-4-7-11-18,19-12-8-5-9-13-19)27-15-14-17(21(25)26)16-20(23)24/h4-13,17H,14-16H2,1-3H3,(H,23,24)(H,25,26)/t17-/m1/s1. The van der Waals surface area contributed by atoms with Gasteiger partial charge in [-0.2, -0.15) is 0 Å². The molecule has 0 amide bonds. The Balaban J connectivity index is 2.41. The number of carboxylic acid groups (broad SMARTS) is 2. The fraction of sp³-hybridized carbons (Fsp3) is 0.364. The molecule has 2 rings (SSSR count). The Labute approximate surface area is 167 Å². The van der Waals surface area contributed by atoms with E-state index in [-0.39, 0.29) is 18.1 Å². The van der Waals surface area contributed by atoms with Crippen LogP contribution in [0, 0.1) is 5.92 Å². The molecule has 0 bridgehead atoms. The lowest BCUT2D eigenvalue weighted by molar-refractivity contribution is -0.148. The molecule has 0 unspecified atom stereocenters. The van der Waals surface area contributed by atoms with Gasteiger partial charge in [0.15, 0.2) is 0 Å². The number of hydrogen-bond donors (Lipinski definition) is 2. The third-order valence-corrected chi connectivity index (χ3v) is 10.0. The average molecular weight is 401 g/mol. The molecule has 0 fully saturated rings. The molecular weight excluding hydrogens is 372 g/mol. The first-order valence-corrected chi connectivity index (χ1v) is 11.3. The molecule has 1 atom stereocenters. The number of aliphatic carboxylic acids is 2. The Morgan fingerprint density at radius 1 is 0.929 bits per heavy atom. The van der Waals surface area contributed by atoms with Crippen molar-refractivity contribution in [3.63, 3.8) is 0 Å². The molecule has 150 valence electrons. The van der Waals surface area contributed by atoms with Gasteiger partial charge in [-0.25, -0.2) is 0 Å². The molecule has 5 nitrogen and oxygen atoms in total. The van der Waals surface area contributed by atoms with E-state index in [1.165, 1.54) is 0 Å². The third kappa shape index (κ3) is 4.88. The monoisotopic (exact) mass is 400 g/mol. The summed E-state index contributed by atoms with van der Waals surface area (Å²) in [5.41, 5.74) is 0. The van der Waals surface area contributed by atoms with Crippen LogP contribution in [-0.4, -0.2) is 37.1 Å². The van der Waals surface area contributed by atoms with E-state index < -0.39 is 32.6 Å². The van der Waals surface area contributed by atoms with E-state index in [9.17, 15) is 14.7 Å². The van der Waals surface area contributed by atoms with E-state index in [2.05, 4.69) is 45.0 Å². The van der Waals surface area contributed by atoms with Gasteiger partial charge in [-0.15, -0.1) is 0 Å². The summed E-state index contributed by atoms with van der Waals surface area (Å²) in [5, 5.41) is 20.3. The number of benzene rings is 2. The molecule has 0 saturated carbocycles. The first-order chi connectivity index (χ1) is 13.2. The second-order valence-electron chi connectivity index (χ2n) is 7.93. The van der Waals surface area contributed by atoms with E-state index in [0.29, 0.717) is 0 Å². The predicted octanol–water partition coefficient (Wildman–Crippen LogP) is 3.13. The molecule has 28 heavy (non-hydrogen) atoms. The van der Waals surface area contributed by atoms with Crippen molar-refractivity contribution in [2.75, 3.05) is 6.61 Å². The molecule has 0 heterocycles. The quantitative estimate of drug-likeness (QED) is 0.632. The summed E-state index contributed by atoms with van der Waals surface area (Å²) in [5.74, 6) is -3.18. The van der Waals surface area contributed by atoms with Crippen molar-refractivity contribution in [1.29, 1.82) is 0 Å². The minimum Gasteiger partial charge on any atom is -0.481 e. The van der Waals surface area contributed by atoms with Gasteiger partial charge < -0.3 is 14.6 Å². The van der Waals surface area contributed by atoms with Crippen molar-refractivity contribution >= 4 is 30.6 Å². The highest BCUT2D eigenvalue weighted by atomic mass is 28.4. The van der Waals surface area contributed by atoms with Gasteiger partial charge in [0.1, 0.15) is 0 Å². The highest BCUT2D eigenvalue weighted by molar-refractivity contribution is 6.99. The summed E-state index contributed by atoms with van der Waals surface area (Å²) in [7, 11) is -2.73. The summed E-state index contributed by atoms with van der Waals surface area (Å²) in [6.07, 6.45) is -0.244. The van der Waals surface area contributed by atoms with Crippen molar-refractivity contribution in [1.82, 2.24) is 0 Å². The third-order valence-electron chi connectivity index (χ3n) is 4.97. The van der Waals surface area contributed by atoms with Gasteiger partial charge >= 0.3 is 11.9 Å². The van der Waals surface area contributed by atoms with E-state index in [0.717, 1.165) is 10.4 Å². The van der Waals surface area contributed by atoms with Crippen molar-refractivity contribution in [3.05, 3.63) is 60.7 Å².